The van der Waals surface area contributed by atoms with Crippen LogP contribution >= 0.6 is 11.8 Å². The van der Waals surface area contributed by atoms with E-state index in [1.165, 1.54) is 11.8 Å². The first-order valence-electron chi connectivity index (χ1n) is 4.50. The first-order chi connectivity index (χ1) is 7.19. The Morgan fingerprint density at radius 3 is 3.00 bits per heavy atom. The van der Waals surface area contributed by atoms with Gasteiger partial charge in [0.2, 0.25) is 0 Å². The summed E-state index contributed by atoms with van der Waals surface area (Å²) in [5, 5.41) is 2.80. The Morgan fingerprint density at radius 1 is 1.67 bits per heavy atom. The van der Waals surface area contributed by atoms with Crippen molar-refractivity contribution in [1.29, 1.82) is 0 Å². The van der Waals surface area contributed by atoms with E-state index in [0.717, 1.165) is 0 Å². The third-order valence-corrected chi connectivity index (χ3v) is 2.00. The highest BCUT2D eigenvalue weighted by molar-refractivity contribution is 8.03. The van der Waals surface area contributed by atoms with Crippen LogP contribution in [0.2, 0.25) is 0 Å². The van der Waals surface area contributed by atoms with E-state index in [0.29, 0.717) is 23.7 Å². The van der Waals surface area contributed by atoms with Crippen LogP contribution < -0.4 is 0 Å². The smallest absolute Gasteiger partial charge is 0.341 e. The number of hydrogen-bond acceptors (Lipinski definition) is 4. The average Bonchev–Trinajstić information content (AvgIpc) is 2.57. The maximum Gasteiger partial charge on any atom is 0.341 e. The summed E-state index contributed by atoms with van der Waals surface area (Å²) in [4.78, 5) is 11.4. The van der Waals surface area contributed by atoms with E-state index >= 15 is 0 Å². The van der Waals surface area contributed by atoms with Gasteiger partial charge in [-0.3, -0.25) is 0 Å². The molecule has 0 unspecified atom stereocenters. The van der Waals surface area contributed by atoms with Gasteiger partial charge in [-0.15, -0.1) is 0 Å². The zero-order chi connectivity index (χ0) is 11.3. The van der Waals surface area contributed by atoms with Gasteiger partial charge in [-0.25, -0.2) is 4.79 Å². The molecule has 1 aromatic heterocycles. The summed E-state index contributed by atoms with van der Waals surface area (Å²) in [5.74, 6) is 3.46. The highest BCUT2D eigenvalue weighted by Gasteiger charge is 2.14. The van der Waals surface area contributed by atoms with Crippen molar-refractivity contribution >= 4 is 17.7 Å². The van der Waals surface area contributed by atoms with Crippen molar-refractivity contribution in [3.8, 4) is 11.2 Å². The van der Waals surface area contributed by atoms with Gasteiger partial charge >= 0.3 is 5.97 Å². The van der Waals surface area contributed by atoms with Crippen molar-refractivity contribution < 1.29 is 13.9 Å². The lowest BCUT2D eigenvalue weighted by Gasteiger charge is -1.97. The molecular weight excluding hydrogens is 212 g/mol. The first kappa shape index (κ1) is 11.7. The number of rotatable bonds is 2. The van der Waals surface area contributed by atoms with Crippen LogP contribution in [-0.4, -0.2) is 18.8 Å². The molecule has 1 rings (SSSR count). The van der Waals surface area contributed by atoms with Gasteiger partial charge in [0.05, 0.1) is 6.61 Å². The molecular formula is C11H12O3S. The molecule has 3 nitrogen and oxygen atoms in total. The van der Waals surface area contributed by atoms with E-state index in [1.54, 1.807) is 19.9 Å². The van der Waals surface area contributed by atoms with Crippen molar-refractivity contribution in [2.45, 2.75) is 13.8 Å². The van der Waals surface area contributed by atoms with Gasteiger partial charge < -0.3 is 9.15 Å². The summed E-state index contributed by atoms with van der Waals surface area (Å²) in [5.41, 5.74) is 0.447. The van der Waals surface area contributed by atoms with Crippen molar-refractivity contribution in [2.75, 3.05) is 12.9 Å². The van der Waals surface area contributed by atoms with E-state index in [9.17, 15) is 4.79 Å². The highest BCUT2D eigenvalue weighted by Crippen LogP contribution is 2.15. The predicted octanol–water partition coefficient (Wildman–Crippen LogP) is 2.44. The number of aryl methyl sites for hydroxylation is 1. The lowest BCUT2D eigenvalue weighted by atomic mass is 10.2. The number of ether oxygens (including phenoxy) is 1. The van der Waals surface area contributed by atoms with E-state index < -0.39 is 0 Å². The molecule has 0 fully saturated rings. The Hall–Kier alpha value is -1.34. The minimum atomic E-state index is -0.365. The van der Waals surface area contributed by atoms with Crippen molar-refractivity contribution in [1.82, 2.24) is 0 Å². The van der Waals surface area contributed by atoms with Gasteiger partial charge in [-0.1, -0.05) is 11.8 Å². The second-order valence-electron chi connectivity index (χ2n) is 2.73. The Morgan fingerprint density at radius 2 is 2.40 bits per heavy atom. The monoisotopic (exact) mass is 224 g/mol. The van der Waals surface area contributed by atoms with Crippen LogP contribution in [0.15, 0.2) is 10.5 Å². The van der Waals surface area contributed by atoms with Crippen molar-refractivity contribution in [2.24, 2.45) is 0 Å². The topological polar surface area (TPSA) is 39.4 Å². The number of carbonyl (C=O) groups excluding carboxylic acids is 1. The summed E-state index contributed by atoms with van der Waals surface area (Å²) in [6.07, 6.45) is 1.87. The van der Waals surface area contributed by atoms with E-state index in [-0.39, 0.29) is 5.97 Å². The fraction of sp³-hybridized carbons (Fsp3) is 0.364. The molecule has 0 atom stereocenters. The second-order valence-corrected chi connectivity index (χ2v) is 3.34. The predicted molar refractivity (Wildman–Crippen MR) is 59.8 cm³/mol. The molecule has 15 heavy (non-hydrogen) atoms. The van der Waals surface area contributed by atoms with Crippen LogP contribution in [0.1, 0.15) is 28.8 Å². The summed E-state index contributed by atoms with van der Waals surface area (Å²) < 4.78 is 10.2. The van der Waals surface area contributed by atoms with Gasteiger partial charge in [0.15, 0.2) is 5.76 Å². The largest absolute Gasteiger partial charge is 0.462 e. The minimum absolute atomic E-state index is 0.356. The Labute approximate surface area is 93.2 Å². The van der Waals surface area contributed by atoms with Gasteiger partial charge in [0, 0.05) is 6.07 Å². The average molecular weight is 224 g/mol. The maximum atomic E-state index is 11.4. The van der Waals surface area contributed by atoms with Crippen molar-refractivity contribution in [3.05, 3.63) is 23.2 Å². The zero-order valence-electron chi connectivity index (χ0n) is 8.92. The van der Waals surface area contributed by atoms with Crippen LogP contribution in [0.3, 0.4) is 0 Å². The van der Waals surface area contributed by atoms with Gasteiger partial charge in [0.25, 0.3) is 0 Å². The second kappa shape index (κ2) is 5.52. The molecule has 0 saturated heterocycles. The molecule has 0 aliphatic heterocycles. The molecule has 0 aliphatic carbocycles. The SMILES string of the molecule is CCOC(=O)c1cc(C#CSC)oc1C. The molecule has 80 valence electrons. The summed E-state index contributed by atoms with van der Waals surface area (Å²) in [6, 6.07) is 1.61. The fourth-order valence-electron chi connectivity index (χ4n) is 1.06. The molecule has 0 amide bonds. The summed E-state index contributed by atoms with van der Waals surface area (Å²) in [6.45, 7) is 3.84. The number of carbonyl (C=O) groups is 1. The Kier molecular flexibility index (Phi) is 4.32. The molecule has 0 saturated carbocycles. The molecule has 0 aromatic carbocycles. The Balaban J connectivity index is 2.91. The quantitative estimate of drug-likeness (QED) is 0.571. The number of furan rings is 1. The van der Waals surface area contributed by atoms with Gasteiger partial charge in [0.1, 0.15) is 11.3 Å². The first-order valence-corrected chi connectivity index (χ1v) is 5.73. The van der Waals surface area contributed by atoms with Gasteiger partial charge in [-0.05, 0) is 31.3 Å². The van der Waals surface area contributed by atoms with Crippen LogP contribution in [0.4, 0.5) is 0 Å². The highest BCUT2D eigenvalue weighted by atomic mass is 32.2. The molecule has 0 radical (unpaired) electrons. The normalized spacial score (nSPS) is 9.27. The molecule has 4 heteroatoms. The van der Waals surface area contributed by atoms with E-state index in [1.807, 2.05) is 6.26 Å². The molecule has 0 spiro atoms. The fourth-order valence-corrected chi connectivity index (χ4v) is 1.26. The number of thioether (sulfide) groups is 1. The third kappa shape index (κ3) is 3.07. The van der Waals surface area contributed by atoms with Crippen molar-refractivity contribution in [3.63, 3.8) is 0 Å². The molecule has 0 aliphatic rings. The minimum Gasteiger partial charge on any atom is -0.462 e. The van der Waals surface area contributed by atoms with Crippen LogP contribution in [0.5, 0.6) is 0 Å². The maximum absolute atomic E-state index is 11.4. The third-order valence-electron chi connectivity index (χ3n) is 1.69. The Bertz CT molecular complexity index is 409. The van der Waals surface area contributed by atoms with Crippen LogP contribution in [-0.2, 0) is 4.74 Å². The lowest BCUT2D eigenvalue weighted by molar-refractivity contribution is 0.0524. The van der Waals surface area contributed by atoms with E-state index in [4.69, 9.17) is 9.15 Å². The lowest BCUT2D eigenvalue weighted by Crippen LogP contribution is -2.04. The molecule has 1 heterocycles. The molecule has 0 N–H and O–H groups in total. The number of hydrogen-bond donors (Lipinski definition) is 0. The van der Waals surface area contributed by atoms with Crippen LogP contribution in [0.25, 0.3) is 0 Å². The van der Waals surface area contributed by atoms with Crippen LogP contribution in [0, 0.1) is 18.1 Å². The number of esters is 1. The summed E-state index contributed by atoms with van der Waals surface area (Å²) >= 11 is 1.39. The van der Waals surface area contributed by atoms with E-state index in [2.05, 4.69) is 11.2 Å². The summed E-state index contributed by atoms with van der Waals surface area (Å²) in [7, 11) is 0. The van der Waals surface area contributed by atoms with Gasteiger partial charge in [-0.2, -0.15) is 0 Å². The molecule has 0 bridgehead atoms. The zero-order valence-corrected chi connectivity index (χ0v) is 9.73. The molecule has 1 aromatic rings. The standard InChI is InChI=1S/C11H12O3S/c1-4-13-11(12)10-7-9(5-6-15-3)14-8(10)2/h7H,4H2,1-3H3.